The molecule has 2 N–H and O–H groups in total. The van der Waals surface area contributed by atoms with Crippen LogP contribution in [-0.4, -0.2) is 28.5 Å². The predicted octanol–water partition coefficient (Wildman–Crippen LogP) is 2.02. The smallest absolute Gasteiger partial charge is 0.239 e. The van der Waals surface area contributed by atoms with Crippen molar-refractivity contribution < 1.29 is 4.79 Å². The molecule has 100 valence electrons. The Morgan fingerprint density at radius 2 is 2.17 bits per heavy atom. The van der Waals surface area contributed by atoms with Crippen molar-refractivity contribution in [3.8, 4) is 0 Å². The summed E-state index contributed by atoms with van der Waals surface area (Å²) in [7, 11) is 0. The predicted molar refractivity (Wildman–Crippen MR) is 72.8 cm³/mol. The van der Waals surface area contributed by atoms with Gasteiger partial charge in [-0.05, 0) is 20.3 Å². The fraction of sp³-hybridized carbons (Fsp3) is 0.583. The Kier molecular flexibility index (Phi) is 5.85. The molecule has 0 aliphatic rings. The quantitative estimate of drug-likeness (QED) is 0.776. The maximum Gasteiger partial charge on any atom is 0.239 e. The minimum Gasteiger partial charge on any atom is -0.361 e. The van der Waals surface area contributed by atoms with E-state index in [4.69, 9.17) is 11.6 Å². The van der Waals surface area contributed by atoms with E-state index in [1.807, 2.05) is 13.8 Å². The van der Waals surface area contributed by atoms with Crippen LogP contribution in [0.5, 0.6) is 0 Å². The molecule has 18 heavy (non-hydrogen) atoms. The van der Waals surface area contributed by atoms with Crippen LogP contribution in [0.15, 0.2) is 6.33 Å². The third kappa shape index (κ3) is 4.49. The summed E-state index contributed by atoms with van der Waals surface area (Å²) in [6, 6.07) is 0.128. The van der Waals surface area contributed by atoms with E-state index in [-0.39, 0.29) is 18.5 Å². The summed E-state index contributed by atoms with van der Waals surface area (Å²) in [6.45, 7) is 6.07. The van der Waals surface area contributed by atoms with Gasteiger partial charge in [-0.25, -0.2) is 9.97 Å². The van der Waals surface area contributed by atoms with Gasteiger partial charge in [-0.1, -0.05) is 24.9 Å². The third-order valence-corrected chi connectivity index (χ3v) is 2.58. The number of halogens is 1. The number of amides is 1. The van der Waals surface area contributed by atoms with Gasteiger partial charge in [-0.2, -0.15) is 0 Å². The number of nitrogens with zero attached hydrogens (tertiary/aromatic N) is 2. The van der Waals surface area contributed by atoms with E-state index in [2.05, 4.69) is 27.5 Å². The number of nitrogens with one attached hydrogen (secondary N) is 2. The lowest BCUT2D eigenvalue weighted by Crippen LogP contribution is -2.35. The van der Waals surface area contributed by atoms with Gasteiger partial charge in [0.1, 0.15) is 17.3 Å². The van der Waals surface area contributed by atoms with Crippen molar-refractivity contribution in [2.45, 2.75) is 39.7 Å². The van der Waals surface area contributed by atoms with Crippen LogP contribution >= 0.6 is 11.6 Å². The zero-order valence-corrected chi connectivity index (χ0v) is 11.7. The number of carbonyl (C=O) groups excluding carboxylic acids is 1. The zero-order chi connectivity index (χ0) is 13.5. The second-order valence-corrected chi connectivity index (χ2v) is 4.68. The summed E-state index contributed by atoms with van der Waals surface area (Å²) < 4.78 is 0. The van der Waals surface area contributed by atoms with Crippen LogP contribution in [0, 0.1) is 0 Å². The topological polar surface area (TPSA) is 66.9 Å². The van der Waals surface area contributed by atoms with Gasteiger partial charge in [-0.3, -0.25) is 4.79 Å². The Hall–Kier alpha value is -1.36. The van der Waals surface area contributed by atoms with Crippen LogP contribution < -0.4 is 10.6 Å². The first-order chi connectivity index (χ1) is 8.54. The molecule has 0 atom stereocenters. The van der Waals surface area contributed by atoms with Crippen molar-refractivity contribution in [1.82, 2.24) is 15.3 Å². The first-order valence-electron chi connectivity index (χ1n) is 6.07. The van der Waals surface area contributed by atoms with Crippen LogP contribution in [0.2, 0.25) is 5.15 Å². The molecule has 1 aromatic heterocycles. The van der Waals surface area contributed by atoms with Gasteiger partial charge in [-0.15, -0.1) is 0 Å². The summed E-state index contributed by atoms with van der Waals surface area (Å²) in [4.78, 5) is 19.6. The lowest BCUT2D eigenvalue weighted by Gasteiger charge is -2.12. The molecular formula is C12H19ClN4O. The fourth-order valence-electron chi connectivity index (χ4n) is 1.55. The van der Waals surface area contributed by atoms with Crippen LogP contribution in [0.4, 0.5) is 5.82 Å². The second-order valence-electron chi connectivity index (χ2n) is 4.32. The van der Waals surface area contributed by atoms with Gasteiger partial charge >= 0.3 is 0 Å². The summed E-state index contributed by atoms with van der Waals surface area (Å²) in [5, 5.41) is 6.24. The van der Waals surface area contributed by atoms with Crippen LogP contribution in [0.3, 0.4) is 0 Å². The average Bonchev–Trinajstić information content (AvgIpc) is 2.29. The molecule has 6 heteroatoms. The second kappa shape index (κ2) is 7.16. The van der Waals surface area contributed by atoms with Crippen molar-refractivity contribution in [3.63, 3.8) is 0 Å². The minimum absolute atomic E-state index is 0.0674. The molecule has 1 heterocycles. The first-order valence-corrected chi connectivity index (χ1v) is 6.45. The average molecular weight is 271 g/mol. The van der Waals surface area contributed by atoms with Crippen LogP contribution in [-0.2, 0) is 11.2 Å². The Morgan fingerprint density at radius 1 is 1.44 bits per heavy atom. The molecule has 0 aliphatic carbocycles. The highest BCUT2D eigenvalue weighted by Gasteiger charge is 2.10. The summed E-state index contributed by atoms with van der Waals surface area (Å²) >= 11 is 6.02. The van der Waals surface area contributed by atoms with Crippen molar-refractivity contribution in [2.75, 3.05) is 11.9 Å². The van der Waals surface area contributed by atoms with Crippen molar-refractivity contribution >= 4 is 23.3 Å². The van der Waals surface area contributed by atoms with Crippen LogP contribution in [0.1, 0.15) is 32.8 Å². The zero-order valence-electron chi connectivity index (χ0n) is 11.0. The van der Waals surface area contributed by atoms with Gasteiger partial charge in [0.25, 0.3) is 0 Å². The van der Waals surface area contributed by atoms with E-state index in [1.54, 1.807) is 0 Å². The number of hydrogen-bond acceptors (Lipinski definition) is 4. The van der Waals surface area contributed by atoms with Crippen molar-refractivity contribution in [3.05, 3.63) is 17.0 Å². The Morgan fingerprint density at radius 3 is 2.78 bits per heavy atom. The van der Waals surface area contributed by atoms with Gasteiger partial charge in [0.05, 0.1) is 6.54 Å². The SMILES string of the molecule is CCCc1c(Cl)ncnc1NCC(=O)NC(C)C. The van der Waals surface area contributed by atoms with E-state index < -0.39 is 0 Å². The Bertz CT molecular complexity index is 409. The molecule has 0 aromatic carbocycles. The van der Waals surface area contributed by atoms with Gasteiger partial charge in [0.2, 0.25) is 5.91 Å². The molecule has 1 aromatic rings. The molecule has 0 spiro atoms. The van der Waals surface area contributed by atoms with Crippen LogP contribution in [0.25, 0.3) is 0 Å². The Labute approximate surface area is 112 Å². The fourth-order valence-corrected chi connectivity index (χ4v) is 1.78. The summed E-state index contributed by atoms with van der Waals surface area (Å²) in [5.41, 5.74) is 0.860. The highest BCUT2D eigenvalue weighted by atomic mass is 35.5. The van der Waals surface area contributed by atoms with E-state index in [0.717, 1.165) is 18.4 Å². The van der Waals surface area contributed by atoms with Crippen molar-refractivity contribution in [2.24, 2.45) is 0 Å². The van der Waals surface area contributed by atoms with E-state index in [1.165, 1.54) is 6.33 Å². The standard InChI is InChI=1S/C12H19ClN4O/c1-4-5-9-11(13)15-7-16-12(9)14-6-10(18)17-8(2)3/h7-8H,4-6H2,1-3H3,(H,17,18)(H,14,15,16). The largest absolute Gasteiger partial charge is 0.361 e. The highest BCUT2D eigenvalue weighted by molar-refractivity contribution is 6.30. The van der Waals surface area contributed by atoms with E-state index in [0.29, 0.717) is 11.0 Å². The summed E-state index contributed by atoms with van der Waals surface area (Å²) in [6.07, 6.45) is 3.12. The molecule has 0 fully saturated rings. The number of hydrogen-bond donors (Lipinski definition) is 2. The molecule has 1 rings (SSSR count). The van der Waals surface area contributed by atoms with Gasteiger partial charge in [0, 0.05) is 11.6 Å². The van der Waals surface area contributed by atoms with Gasteiger partial charge < -0.3 is 10.6 Å². The number of carbonyl (C=O) groups is 1. The molecule has 0 unspecified atom stereocenters. The minimum atomic E-state index is -0.0674. The number of aromatic nitrogens is 2. The maximum atomic E-state index is 11.5. The molecule has 0 aliphatic heterocycles. The third-order valence-electron chi connectivity index (χ3n) is 2.26. The molecule has 0 saturated carbocycles. The monoisotopic (exact) mass is 270 g/mol. The van der Waals surface area contributed by atoms with Crippen molar-refractivity contribution in [1.29, 1.82) is 0 Å². The molecule has 0 saturated heterocycles. The van der Waals surface area contributed by atoms with E-state index in [9.17, 15) is 4.79 Å². The normalized spacial score (nSPS) is 10.5. The molecular weight excluding hydrogens is 252 g/mol. The Balaban J connectivity index is 2.66. The lowest BCUT2D eigenvalue weighted by molar-refractivity contribution is -0.119. The first kappa shape index (κ1) is 14.7. The molecule has 5 nitrogen and oxygen atoms in total. The lowest BCUT2D eigenvalue weighted by atomic mass is 10.2. The maximum absolute atomic E-state index is 11.5. The van der Waals surface area contributed by atoms with Gasteiger partial charge in [0.15, 0.2) is 0 Å². The highest BCUT2D eigenvalue weighted by Crippen LogP contribution is 2.20. The number of rotatable bonds is 6. The molecule has 0 radical (unpaired) electrons. The van der Waals surface area contributed by atoms with E-state index >= 15 is 0 Å². The molecule has 1 amide bonds. The summed E-state index contributed by atoms with van der Waals surface area (Å²) in [5.74, 6) is 0.568. The molecule has 0 bridgehead atoms. The number of anilines is 1.